The van der Waals surface area contributed by atoms with Crippen LogP contribution in [-0.4, -0.2) is 26.1 Å². The van der Waals surface area contributed by atoms with Gasteiger partial charge in [0, 0.05) is 6.61 Å². The second-order valence-corrected chi connectivity index (χ2v) is 18.4. The molecule has 3 heteroatoms. The van der Waals surface area contributed by atoms with Gasteiger partial charge in [0.25, 0.3) is 0 Å². The van der Waals surface area contributed by atoms with Crippen molar-refractivity contribution in [2.24, 2.45) is 23.7 Å². The van der Waals surface area contributed by atoms with Crippen LogP contribution in [0.3, 0.4) is 0 Å². The maximum absolute atomic E-state index is 10.8. The van der Waals surface area contributed by atoms with Gasteiger partial charge in [0.2, 0.25) is 0 Å². The van der Waals surface area contributed by atoms with Gasteiger partial charge in [0.15, 0.2) is 8.32 Å². The first-order valence-corrected chi connectivity index (χ1v) is 17.2. The van der Waals surface area contributed by atoms with E-state index in [4.69, 9.17) is 4.43 Å². The van der Waals surface area contributed by atoms with Crippen LogP contribution in [-0.2, 0) is 4.43 Å². The standard InChI is InChI=1S/C30H60O2Si/c1-8-9-10-11-26-12-16-28(17-13-26)29-18-14-27(15-19-29)22-30(31)20-21-32-33(23(2)3,24(4)5)25(6)7/h23-31H,8-22H2,1-7H3. The summed E-state index contributed by atoms with van der Waals surface area (Å²) in [4.78, 5) is 0. The van der Waals surface area contributed by atoms with Crippen LogP contribution in [0.4, 0.5) is 0 Å². The fourth-order valence-corrected chi connectivity index (χ4v) is 13.4. The van der Waals surface area contributed by atoms with Gasteiger partial charge in [-0.05, 0) is 78.8 Å². The molecule has 1 N–H and O–H groups in total. The van der Waals surface area contributed by atoms with Gasteiger partial charge in [0.05, 0.1) is 6.10 Å². The maximum Gasteiger partial charge on any atom is 0.200 e. The molecule has 33 heavy (non-hydrogen) atoms. The van der Waals surface area contributed by atoms with Crippen molar-refractivity contribution in [3.63, 3.8) is 0 Å². The topological polar surface area (TPSA) is 29.5 Å². The van der Waals surface area contributed by atoms with Gasteiger partial charge in [0.1, 0.15) is 0 Å². The van der Waals surface area contributed by atoms with E-state index in [1.54, 1.807) is 0 Å². The highest BCUT2D eigenvalue weighted by Crippen LogP contribution is 2.44. The molecule has 0 aromatic heterocycles. The molecule has 2 saturated carbocycles. The molecule has 1 unspecified atom stereocenters. The molecule has 0 aliphatic heterocycles. The predicted molar refractivity (Wildman–Crippen MR) is 147 cm³/mol. The van der Waals surface area contributed by atoms with E-state index in [1.807, 2.05) is 0 Å². The number of rotatable bonds is 14. The Bertz CT molecular complexity index is 480. The minimum atomic E-state index is -1.80. The third-order valence-corrected chi connectivity index (χ3v) is 15.9. The Hall–Kier alpha value is 0.137. The van der Waals surface area contributed by atoms with Crippen LogP contribution in [0.5, 0.6) is 0 Å². The number of hydrogen-bond acceptors (Lipinski definition) is 2. The number of aliphatic hydroxyl groups is 1. The van der Waals surface area contributed by atoms with Crippen LogP contribution in [0.2, 0.25) is 16.6 Å². The van der Waals surface area contributed by atoms with Crippen molar-refractivity contribution in [2.75, 3.05) is 6.61 Å². The molecule has 2 nitrogen and oxygen atoms in total. The Kier molecular flexibility index (Phi) is 13.0. The van der Waals surface area contributed by atoms with Crippen LogP contribution in [0, 0.1) is 23.7 Å². The summed E-state index contributed by atoms with van der Waals surface area (Å²) in [6.45, 7) is 17.2. The highest BCUT2D eigenvalue weighted by molar-refractivity contribution is 6.77. The lowest BCUT2D eigenvalue weighted by Crippen LogP contribution is -2.48. The van der Waals surface area contributed by atoms with Crippen molar-refractivity contribution in [3.05, 3.63) is 0 Å². The minimum Gasteiger partial charge on any atom is -0.416 e. The van der Waals surface area contributed by atoms with Gasteiger partial charge < -0.3 is 9.53 Å². The fourth-order valence-electron chi connectivity index (χ4n) is 7.90. The van der Waals surface area contributed by atoms with E-state index in [0.29, 0.717) is 16.6 Å². The predicted octanol–water partition coefficient (Wildman–Crippen LogP) is 9.51. The Morgan fingerprint density at radius 3 is 1.67 bits per heavy atom. The zero-order chi connectivity index (χ0) is 24.4. The first-order chi connectivity index (χ1) is 15.7. The van der Waals surface area contributed by atoms with Gasteiger partial charge in [-0.15, -0.1) is 0 Å². The van der Waals surface area contributed by atoms with E-state index in [1.165, 1.54) is 77.0 Å². The smallest absolute Gasteiger partial charge is 0.200 e. The SMILES string of the molecule is CCCCCC1CCC(C2CCC(CC(O)CCO[Si](C(C)C)(C(C)C)C(C)C)CC2)CC1. The molecule has 0 heterocycles. The molecule has 0 bridgehead atoms. The highest BCUT2D eigenvalue weighted by atomic mass is 28.4. The van der Waals surface area contributed by atoms with Crippen molar-refractivity contribution in [3.8, 4) is 0 Å². The summed E-state index contributed by atoms with van der Waals surface area (Å²) in [5, 5.41) is 10.8. The molecule has 0 radical (unpaired) electrons. The molecule has 1 atom stereocenters. The van der Waals surface area contributed by atoms with E-state index < -0.39 is 8.32 Å². The summed E-state index contributed by atoms with van der Waals surface area (Å²) < 4.78 is 6.69. The molecule has 2 aliphatic rings. The minimum absolute atomic E-state index is 0.178. The van der Waals surface area contributed by atoms with Crippen LogP contribution in [0.1, 0.15) is 138 Å². The van der Waals surface area contributed by atoms with Crippen LogP contribution in [0.15, 0.2) is 0 Å². The summed E-state index contributed by atoms with van der Waals surface area (Å²) in [5.41, 5.74) is 1.86. The lowest BCUT2D eigenvalue weighted by atomic mass is 9.68. The van der Waals surface area contributed by atoms with E-state index in [-0.39, 0.29) is 6.10 Å². The van der Waals surface area contributed by atoms with Crippen molar-refractivity contribution < 1.29 is 9.53 Å². The largest absolute Gasteiger partial charge is 0.416 e. The van der Waals surface area contributed by atoms with Gasteiger partial charge in [-0.3, -0.25) is 0 Å². The Labute approximate surface area is 209 Å². The molecular formula is C30H60O2Si. The van der Waals surface area contributed by atoms with Crippen molar-refractivity contribution >= 4 is 8.32 Å². The Morgan fingerprint density at radius 1 is 0.727 bits per heavy atom. The summed E-state index contributed by atoms with van der Waals surface area (Å²) >= 11 is 0. The van der Waals surface area contributed by atoms with Crippen molar-refractivity contribution in [1.82, 2.24) is 0 Å². The fraction of sp³-hybridized carbons (Fsp3) is 1.00. The van der Waals surface area contributed by atoms with E-state index >= 15 is 0 Å². The van der Waals surface area contributed by atoms with Gasteiger partial charge in [-0.25, -0.2) is 0 Å². The molecule has 196 valence electrons. The quantitative estimate of drug-likeness (QED) is 0.198. The molecule has 0 aromatic carbocycles. The lowest BCUT2D eigenvalue weighted by Gasteiger charge is -2.42. The summed E-state index contributed by atoms with van der Waals surface area (Å²) in [5.74, 6) is 3.76. The van der Waals surface area contributed by atoms with E-state index in [2.05, 4.69) is 48.5 Å². The first kappa shape index (κ1) is 29.4. The van der Waals surface area contributed by atoms with E-state index in [9.17, 15) is 5.11 Å². The normalized spacial score (nSPS) is 28.1. The molecule has 2 fully saturated rings. The average molecular weight is 481 g/mol. The van der Waals surface area contributed by atoms with Crippen molar-refractivity contribution in [2.45, 2.75) is 161 Å². The van der Waals surface area contributed by atoms with Crippen LogP contribution in [0.25, 0.3) is 0 Å². The zero-order valence-corrected chi connectivity index (χ0v) is 24.6. The number of hydrogen-bond donors (Lipinski definition) is 1. The summed E-state index contributed by atoms with van der Waals surface area (Å²) in [6.07, 6.45) is 18.9. The third-order valence-electron chi connectivity index (χ3n) is 9.78. The van der Waals surface area contributed by atoms with Crippen LogP contribution < -0.4 is 0 Å². The lowest BCUT2D eigenvalue weighted by molar-refractivity contribution is 0.0838. The monoisotopic (exact) mass is 480 g/mol. The highest BCUT2D eigenvalue weighted by Gasteiger charge is 2.45. The average Bonchev–Trinajstić information content (AvgIpc) is 2.77. The number of unbranched alkanes of at least 4 members (excludes halogenated alkanes) is 2. The molecular weight excluding hydrogens is 420 g/mol. The first-order valence-electron chi connectivity index (χ1n) is 15.0. The summed E-state index contributed by atoms with van der Waals surface area (Å²) in [6, 6.07) is 0. The molecule has 0 saturated heterocycles. The summed E-state index contributed by atoms with van der Waals surface area (Å²) in [7, 11) is -1.80. The Morgan fingerprint density at radius 2 is 1.21 bits per heavy atom. The number of aliphatic hydroxyl groups excluding tert-OH is 1. The van der Waals surface area contributed by atoms with Gasteiger partial charge >= 0.3 is 0 Å². The Balaban J connectivity index is 1.66. The van der Waals surface area contributed by atoms with Gasteiger partial charge in [-0.2, -0.15) is 0 Å². The van der Waals surface area contributed by atoms with E-state index in [0.717, 1.165) is 43.1 Å². The third kappa shape index (κ3) is 8.64. The molecule has 0 spiro atoms. The zero-order valence-electron chi connectivity index (χ0n) is 23.6. The maximum atomic E-state index is 10.8. The molecule has 0 aromatic rings. The van der Waals surface area contributed by atoms with Crippen LogP contribution >= 0.6 is 0 Å². The molecule has 2 rings (SSSR count). The molecule has 0 amide bonds. The van der Waals surface area contributed by atoms with Gasteiger partial charge in [-0.1, -0.05) is 99.8 Å². The molecule has 2 aliphatic carbocycles. The van der Waals surface area contributed by atoms with Crippen molar-refractivity contribution in [1.29, 1.82) is 0 Å². The second kappa shape index (κ2) is 14.6. The second-order valence-electron chi connectivity index (χ2n) is 12.9.